The molecule has 4 N–H and O–H groups in total. The van der Waals surface area contributed by atoms with E-state index in [1.54, 1.807) is 17.9 Å². The van der Waals surface area contributed by atoms with Crippen LogP contribution in [-0.4, -0.2) is 37.5 Å². The Bertz CT molecular complexity index is 1140. The topological polar surface area (TPSA) is 105 Å². The van der Waals surface area contributed by atoms with Crippen LogP contribution in [0, 0.1) is 5.82 Å². The third-order valence-corrected chi connectivity index (χ3v) is 6.46. The standard InChI is InChI=1S/C21H22FN7S/c22-16-8-15(21-20(24-11-30-21)19(16)12-9-25-26-10-12)17-5-6-18(29-28-17)27-14-4-2-1-3-13(23)7-14/h5-6,8-11,13-14H,1-4,7,23H2,(H,25,26)(H,27,29). The van der Waals surface area contributed by atoms with Gasteiger partial charge in [-0.3, -0.25) is 5.10 Å². The number of nitrogens with two attached hydrogens (primary N) is 1. The van der Waals surface area contributed by atoms with Crippen LogP contribution in [0.25, 0.3) is 32.6 Å². The molecule has 0 saturated heterocycles. The minimum absolute atomic E-state index is 0.230. The second kappa shape index (κ2) is 8.08. The molecule has 0 radical (unpaired) electrons. The molecular formula is C21H22FN7S. The molecule has 0 spiro atoms. The Morgan fingerprint density at radius 2 is 2.10 bits per heavy atom. The molecule has 2 unspecified atom stereocenters. The van der Waals surface area contributed by atoms with E-state index in [1.807, 2.05) is 12.1 Å². The highest BCUT2D eigenvalue weighted by atomic mass is 32.1. The largest absolute Gasteiger partial charge is 0.366 e. The van der Waals surface area contributed by atoms with Gasteiger partial charge in [0.15, 0.2) is 0 Å². The van der Waals surface area contributed by atoms with Crippen LogP contribution in [0.1, 0.15) is 32.1 Å². The van der Waals surface area contributed by atoms with Crippen LogP contribution in [0.15, 0.2) is 36.1 Å². The van der Waals surface area contributed by atoms with Crippen molar-refractivity contribution in [3.05, 3.63) is 41.9 Å². The summed E-state index contributed by atoms with van der Waals surface area (Å²) in [6, 6.07) is 5.81. The average molecular weight is 424 g/mol. The predicted octanol–water partition coefficient (Wildman–Crippen LogP) is 4.35. The van der Waals surface area contributed by atoms with Gasteiger partial charge >= 0.3 is 0 Å². The van der Waals surface area contributed by atoms with Crippen molar-refractivity contribution in [1.82, 2.24) is 25.4 Å². The third kappa shape index (κ3) is 3.66. The van der Waals surface area contributed by atoms with Crippen LogP contribution < -0.4 is 11.1 Å². The van der Waals surface area contributed by atoms with Crippen molar-refractivity contribution >= 4 is 27.4 Å². The number of nitrogens with zero attached hydrogens (tertiary/aromatic N) is 4. The quantitative estimate of drug-likeness (QED) is 0.421. The maximum atomic E-state index is 15.0. The average Bonchev–Trinajstić information content (AvgIpc) is 3.40. The summed E-state index contributed by atoms with van der Waals surface area (Å²) in [5, 5.41) is 18.8. The minimum Gasteiger partial charge on any atom is -0.366 e. The summed E-state index contributed by atoms with van der Waals surface area (Å²) in [6.45, 7) is 0. The summed E-state index contributed by atoms with van der Waals surface area (Å²) >= 11 is 1.46. The smallest absolute Gasteiger partial charge is 0.148 e. The Morgan fingerprint density at radius 3 is 2.90 bits per heavy atom. The fourth-order valence-electron chi connectivity index (χ4n) is 4.14. The molecule has 154 valence electrons. The first-order chi connectivity index (χ1) is 14.7. The van der Waals surface area contributed by atoms with Gasteiger partial charge in [-0.2, -0.15) is 5.10 Å². The number of rotatable bonds is 4. The van der Waals surface area contributed by atoms with Crippen molar-refractivity contribution in [1.29, 1.82) is 0 Å². The lowest BCUT2D eigenvalue weighted by Crippen LogP contribution is -2.29. The van der Waals surface area contributed by atoms with E-state index in [2.05, 4.69) is 30.7 Å². The van der Waals surface area contributed by atoms with Crippen molar-refractivity contribution in [2.24, 2.45) is 5.73 Å². The predicted molar refractivity (Wildman–Crippen MR) is 117 cm³/mol. The minimum atomic E-state index is -0.360. The van der Waals surface area contributed by atoms with Gasteiger partial charge in [0.25, 0.3) is 0 Å². The van der Waals surface area contributed by atoms with Gasteiger partial charge in [0.05, 0.1) is 27.6 Å². The lowest BCUT2D eigenvalue weighted by atomic mass is 10.0. The molecule has 1 aliphatic rings. The van der Waals surface area contributed by atoms with Gasteiger partial charge in [0, 0.05) is 35.0 Å². The zero-order chi connectivity index (χ0) is 20.5. The van der Waals surface area contributed by atoms with Crippen molar-refractivity contribution in [3.8, 4) is 22.4 Å². The number of nitrogens with one attached hydrogen (secondary N) is 2. The van der Waals surface area contributed by atoms with E-state index in [9.17, 15) is 0 Å². The number of H-pyrrole nitrogens is 1. The van der Waals surface area contributed by atoms with Crippen LogP contribution in [0.5, 0.6) is 0 Å². The SMILES string of the molecule is NC1CCCCC(Nc2ccc(-c3cc(F)c(-c4cn[nH]c4)c4ncsc34)nn2)C1. The molecule has 1 aromatic carbocycles. The van der Waals surface area contributed by atoms with E-state index >= 15 is 4.39 Å². The van der Waals surface area contributed by atoms with Gasteiger partial charge in [0.2, 0.25) is 0 Å². The van der Waals surface area contributed by atoms with Gasteiger partial charge in [-0.15, -0.1) is 21.5 Å². The van der Waals surface area contributed by atoms with E-state index < -0.39 is 0 Å². The van der Waals surface area contributed by atoms with Crippen LogP contribution in [0.4, 0.5) is 10.2 Å². The lowest BCUT2D eigenvalue weighted by molar-refractivity contribution is 0.551. The van der Waals surface area contributed by atoms with Crippen LogP contribution in [0.2, 0.25) is 0 Å². The summed E-state index contributed by atoms with van der Waals surface area (Å²) in [5.41, 5.74) is 10.9. The third-order valence-electron chi connectivity index (χ3n) is 5.60. The highest BCUT2D eigenvalue weighted by molar-refractivity contribution is 7.17. The Morgan fingerprint density at radius 1 is 1.20 bits per heavy atom. The monoisotopic (exact) mass is 423 g/mol. The second-order valence-electron chi connectivity index (χ2n) is 7.72. The molecule has 0 amide bonds. The molecule has 9 heteroatoms. The van der Waals surface area contributed by atoms with Gasteiger partial charge < -0.3 is 11.1 Å². The number of thiazole rings is 1. The Labute approximate surface area is 176 Å². The zero-order valence-corrected chi connectivity index (χ0v) is 17.1. The first-order valence-electron chi connectivity index (χ1n) is 10.1. The number of aromatic nitrogens is 5. The molecule has 30 heavy (non-hydrogen) atoms. The molecule has 1 fully saturated rings. The highest BCUT2D eigenvalue weighted by Crippen LogP contribution is 2.38. The van der Waals surface area contributed by atoms with Crippen molar-refractivity contribution < 1.29 is 4.39 Å². The van der Waals surface area contributed by atoms with E-state index in [1.165, 1.54) is 30.2 Å². The fraction of sp³-hybridized carbons (Fsp3) is 0.333. The number of fused-ring (bicyclic) bond motifs is 1. The summed E-state index contributed by atoms with van der Waals surface area (Å²) in [6.07, 6.45) is 8.70. The molecule has 0 bridgehead atoms. The summed E-state index contributed by atoms with van der Waals surface area (Å²) in [4.78, 5) is 4.40. The number of hydrogen-bond acceptors (Lipinski definition) is 7. The second-order valence-corrected chi connectivity index (χ2v) is 8.58. The number of halogens is 1. The normalized spacial score (nSPS) is 19.7. The van der Waals surface area contributed by atoms with Crippen LogP contribution in [-0.2, 0) is 0 Å². The molecule has 1 saturated carbocycles. The van der Waals surface area contributed by atoms with Gasteiger partial charge in [-0.25, -0.2) is 9.37 Å². The summed E-state index contributed by atoms with van der Waals surface area (Å²) < 4.78 is 15.9. The summed E-state index contributed by atoms with van der Waals surface area (Å²) in [7, 11) is 0. The molecule has 5 rings (SSSR count). The number of benzene rings is 1. The van der Waals surface area contributed by atoms with Gasteiger partial charge in [-0.1, -0.05) is 12.8 Å². The molecular weight excluding hydrogens is 401 g/mol. The van der Waals surface area contributed by atoms with E-state index in [0.29, 0.717) is 39.8 Å². The number of hydrogen-bond donors (Lipinski definition) is 3. The lowest BCUT2D eigenvalue weighted by Gasteiger charge is -2.19. The first-order valence-corrected chi connectivity index (χ1v) is 11.0. The van der Waals surface area contributed by atoms with Crippen LogP contribution in [0.3, 0.4) is 0 Å². The maximum absolute atomic E-state index is 15.0. The van der Waals surface area contributed by atoms with Crippen molar-refractivity contribution in [3.63, 3.8) is 0 Å². The molecule has 2 atom stereocenters. The fourth-order valence-corrected chi connectivity index (χ4v) is 4.96. The van der Waals surface area contributed by atoms with Crippen LogP contribution >= 0.6 is 11.3 Å². The van der Waals surface area contributed by atoms with E-state index in [-0.39, 0.29) is 11.9 Å². The van der Waals surface area contributed by atoms with Gasteiger partial charge in [0.1, 0.15) is 11.6 Å². The first kappa shape index (κ1) is 19.1. The molecule has 0 aliphatic heterocycles. The number of aromatic amines is 1. The Kier molecular flexibility index (Phi) is 5.14. The molecule has 7 nitrogen and oxygen atoms in total. The Balaban J connectivity index is 1.45. The number of anilines is 1. The molecule has 1 aliphatic carbocycles. The highest BCUT2D eigenvalue weighted by Gasteiger charge is 2.20. The summed E-state index contributed by atoms with van der Waals surface area (Å²) in [5.74, 6) is 0.357. The Hall–Kier alpha value is -2.91. The molecule has 3 heterocycles. The van der Waals surface area contributed by atoms with E-state index in [0.717, 1.165) is 24.0 Å². The maximum Gasteiger partial charge on any atom is 0.148 e. The molecule has 3 aromatic heterocycles. The van der Waals surface area contributed by atoms with Crippen molar-refractivity contribution in [2.75, 3.05) is 5.32 Å². The zero-order valence-electron chi connectivity index (χ0n) is 16.3. The van der Waals surface area contributed by atoms with E-state index in [4.69, 9.17) is 5.73 Å². The van der Waals surface area contributed by atoms with Crippen molar-refractivity contribution in [2.45, 2.75) is 44.2 Å². The van der Waals surface area contributed by atoms with Gasteiger partial charge in [-0.05, 0) is 37.5 Å². The molecule has 4 aromatic rings.